The summed E-state index contributed by atoms with van der Waals surface area (Å²) in [6.45, 7) is 3.60. The third kappa shape index (κ3) is 4.56. The van der Waals surface area contributed by atoms with E-state index in [1.807, 2.05) is 47.4 Å². The Labute approximate surface area is 208 Å². The molecule has 1 N–H and O–H groups in total. The van der Waals surface area contributed by atoms with Gasteiger partial charge in [-0.2, -0.15) is 0 Å². The summed E-state index contributed by atoms with van der Waals surface area (Å²) in [6.07, 6.45) is 3.77. The molecule has 2 aliphatic heterocycles. The number of hydrogen-bond donors (Lipinski definition) is 1. The minimum Gasteiger partial charge on any atom is -0.380 e. The quantitative estimate of drug-likeness (QED) is 0.598. The number of nitrogens with zero attached hydrogens (tertiary/aromatic N) is 3. The number of hydrogen-bond acceptors (Lipinski definition) is 6. The first-order chi connectivity index (χ1) is 17.2. The number of pyridine rings is 1. The van der Waals surface area contributed by atoms with Crippen LogP contribution in [-0.2, 0) is 11.2 Å². The van der Waals surface area contributed by atoms with Crippen molar-refractivity contribution < 1.29 is 14.3 Å². The Bertz CT molecular complexity index is 1260. The molecule has 35 heavy (non-hydrogen) atoms. The van der Waals surface area contributed by atoms with Crippen molar-refractivity contribution in [3.8, 4) is 10.4 Å². The van der Waals surface area contributed by atoms with Crippen molar-refractivity contribution in [1.82, 2.24) is 10.3 Å². The van der Waals surface area contributed by atoms with Crippen molar-refractivity contribution in [3.63, 3.8) is 0 Å². The summed E-state index contributed by atoms with van der Waals surface area (Å²) in [5.74, 6) is 0.720. The smallest absolute Gasteiger partial charge is 0.276 e. The zero-order chi connectivity index (χ0) is 23.8. The van der Waals surface area contributed by atoms with Gasteiger partial charge in [-0.1, -0.05) is 24.3 Å². The van der Waals surface area contributed by atoms with Crippen molar-refractivity contribution in [3.05, 3.63) is 64.7 Å². The van der Waals surface area contributed by atoms with E-state index in [4.69, 9.17) is 9.72 Å². The maximum absolute atomic E-state index is 13.8. The van der Waals surface area contributed by atoms with Crippen LogP contribution in [0.4, 0.5) is 11.5 Å². The molecular weight excluding hydrogens is 460 g/mol. The van der Waals surface area contributed by atoms with Crippen LogP contribution in [0.1, 0.15) is 45.0 Å². The van der Waals surface area contributed by atoms with E-state index in [0.717, 1.165) is 71.3 Å². The molecule has 2 fully saturated rings. The second kappa shape index (κ2) is 9.43. The van der Waals surface area contributed by atoms with Gasteiger partial charge >= 0.3 is 0 Å². The first-order valence-electron chi connectivity index (χ1n) is 12.3. The van der Waals surface area contributed by atoms with Crippen LogP contribution >= 0.6 is 11.3 Å². The van der Waals surface area contributed by atoms with Gasteiger partial charge in [0.15, 0.2) is 0 Å². The summed E-state index contributed by atoms with van der Waals surface area (Å²) in [6, 6.07) is 16.0. The Morgan fingerprint density at radius 1 is 1.03 bits per heavy atom. The molecule has 0 bridgehead atoms. The number of benzene rings is 1. The Balaban J connectivity index is 1.30. The lowest BCUT2D eigenvalue weighted by Gasteiger charge is -2.24. The minimum atomic E-state index is -0.104. The number of carbonyl (C=O) groups excluding carboxylic acids is 2. The Morgan fingerprint density at radius 3 is 2.80 bits per heavy atom. The number of para-hydroxylation sites is 1. The molecule has 2 aromatic heterocycles. The summed E-state index contributed by atoms with van der Waals surface area (Å²) in [5, 5.41) is 3.09. The first kappa shape index (κ1) is 22.2. The van der Waals surface area contributed by atoms with Gasteiger partial charge in [0, 0.05) is 42.7 Å². The lowest BCUT2D eigenvalue weighted by Crippen LogP contribution is -2.34. The minimum absolute atomic E-state index is 0.0101. The molecule has 3 aliphatic rings. The summed E-state index contributed by atoms with van der Waals surface area (Å²) >= 11 is 1.52. The van der Waals surface area contributed by atoms with E-state index in [0.29, 0.717) is 31.3 Å². The Kier molecular flexibility index (Phi) is 6.00. The third-order valence-corrected chi connectivity index (χ3v) is 7.94. The Morgan fingerprint density at radius 2 is 1.91 bits per heavy atom. The van der Waals surface area contributed by atoms with Gasteiger partial charge in [-0.05, 0) is 55.5 Å². The summed E-state index contributed by atoms with van der Waals surface area (Å²) in [4.78, 5) is 37.0. The van der Waals surface area contributed by atoms with E-state index in [9.17, 15) is 9.59 Å². The van der Waals surface area contributed by atoms with Gasteiger partial charge in [0.1, 0.15) is 11.5 Å². The molecule has 6 rings (SSSR count). The average Bonchev–Trinajstić information content (AvgIpc) is 3.68. The molecule has 4 heterocycles. The van der Waals surface area contributed by atoms with Crippen LogP contribution in [0, 0.1) is 0 Å². The van der Waals surface area contributed by atoms with Crippen LogP contribution in [-0.4, -0.2) is 55.7 Å². The molecule has 3 aromatic rings. The highest BCUT2D eigenvalue weighted by molar-refractivity contribution is 7.17. The molecule has 0 atom stereocenters. The van der Waals surface area contributed by atoms with Gasteiger partial charge in [0.25, 0.3) is 11.8 Å². The number of thiophene rings is 1. The average molecular weight is 489 g/mol. The lowest BCUT2D eigenvalue weighted by molar-refractivity contribution is 0.0952. The zero-order valence-corrected chi connectivity index (χ0v) is 20.4. The molecular formula is C27H28N4O3S. The molecule has 1 saturated heterocycles. The standard InChI is InChI=1S/C27H28N4O3S/c32-26(28-19-9-10-19)23-17-18-11-13-31(22-7-2-1-5-20(22)25(18)35-23)27(33)21-6-3-8-24(29-21)30-12-4-15-34-16-14-30/h1-3,5-8,17,19H,4,9-16H2,(H,28,32). The van der Waals surface area contributed by atoms with Crippen LogP contribution in [0.15, 0.2) is 48.5 Å². The van der Waals surface area contributed by atoms with Crippen LogP contribution in [0.25, 0.3) is 10.4 Å². The number of fused-ring (bicyclic) bond motifs is 3. The number of anilines is 2. The number of rotatable bonds is 4. The SMILES string of the molecule is O=C(NC1CC1)c1cc2c(s1)-c1ccccc1N(C(=O)c1cccc(N3CCCOCC3)n1)CC2. The number of aromatic nitrogens is 1. The van der Waals surface area contributed by atoms with Crippen molar-refractivity contribution in [2.45, 2.75) is 31.7 Å². The summed E-state index contributed by atoms with van der Waals surface area (Å²) in [7, 11) is 0. The maximum atomic E-state index is 13.8. The van der Waals surface area contributed by atoms with E-state index in [1.165, 1.54) is 11.3 Å². The maximum Gasteiger partial charge on any atom is 0.276 e. The van der Waals surface area contributed by atoms with Gasteiger partial charge in [-0.15, -0.1) is 11.3 Å². The highest BCUT2D eigenvalue weighted by Crippen LogP contribution is 2.42. The Hall–Kier alpha value is -3.23. The highest BCUT2D eigenvalue weighted by atomic mass is 32.1. The lowest BCUT2D eigenvalue weighted by atomic mass is 10.1. The molecule has 0 radical (unpaired) electrons. The highest BCUT2D eigenvalue weighted by Gasteiger charge is 2.30. The van der Waals surface area contributed by atoms with E-state index in [-0.39, 0.29) is 11.8 Å². The molecule has 180 valence electrons. The van der Waals surface area contributed by atoms with Gasteiger partial charge < -0.3 is 19.9 Å². The number of nitrogens with one attached hydrogen (secondary N) is 1. The number of carbonyl (C=O) groups is 2. The fraction of sp³-hybridized carbons (Fsp3) is 0.370. The molecule has 1 saturated carbocycles. The molecule has 1 aliphatic carbocycles. The zero-order valence-electron chi connectivity index (χ0n) is 19.5. The predicted octanol–water partition coefficient (Wildman–Crippen LogP) is 4.13. The van der Waals surface area contributed by atoms with E-state index >= 15 is 0 Å². The molecule has 1 aromatic carbocycles. The third-order valence-electron chi connectivity index (χ3n) is 6.73. The van der Waals surface area contributed by atoms with Crippen LogP contribution in [0.2, 0.25) is 0 Å². The second-order valence-electron chi connectivity index (χ2n) is 9.27. The molecule has 8 heteroatoms. The molecule has 2 amide bonds. The second-order valence-corrected chi connectivity index (χ2v) is 10.3. The summed E-state index contributed by atoms with van der Waals surface area (Å²) < 4.78 is 5.57. The van der Waals surface area contributed by atoms with Crippen LogP contribution in [0.5, 0.6) is 0 Å². The van der Waals surface area contributed by atoms with Crippen molar-refractivity contribution in [2.24, 2.45) is 0 Å². The van der Waals surface area contributed by atoms with E-state index < -0.39 is 0 Å². The van der Waals surface area contributed by atoms with Gasteiger partial charge in [-0.25, -0.2) is 4.98 Å². The van der Waals surface area contributed by atoms with E-state index in [2.05, 4.69) is 10.2 Å². The predicted molar refractivity (Wildman–Crippen MR) is 138 cm³/mol. The fourth-order valence-electron chi connectivity index (χ4n) is 4.74. The van der Waals surface area contributed by atoms with Crippen molar-refractivity contribution >= 4 is 34.7 Å². The molecule has 0 spiro atoms. The molecule has 7 nitrogen and oxygen atoms in total. The first-order valence-corrected chi connectivity index (χ1v) is 13.1. The van der Waals surface area contributed by atoms with Crippen molar-refractivity contribution in [1.29, 1.82) is 0 Å². The largest absolute Gasteiger partial charge is 0.380 e. The number of ether oxygens (including phenoxy) is 1. The molecule has 0 unspecified atom stereocenters. The van der Waals surface area contributed by atoms with Crippen LogP contribution < -0.4 is 15.1 Å². The monoisotopic (exact) mass is 488 g/mol. The fourth-order valence-corrected chi connectivity index (χ4v) is 5.88. The summed E-state index contributed by atoms with van der Waals surface area (Å²) in [5.41, 5.74) is 3.41. The topological polar surface area (TPSA) is 74.8 Å². The van der Waals surface area contributed by atoms with Crippen molar-refractivity contribution in [2.75, 3.05) is 42.6 Å². The van der Waals surface area contributed by atoms with Gasteiger partial charge in [0.2, 0.25) is 0 Å². The van der Waals surface area contributed by atoms with Crippen LogP contribution in [0.3, 0.4) is 0 Å². The van der Waals surface area contributed by atoms with Gasteiger partial charge in [0.05, 0.1) is 17.2 Å². The van der Waals surface area contributed by atoms with Gasteiger partial charge in [-0.3, -0.25) is 9.59 Å². The van der Waals surface area contributed by atoms with E-state index in [1.54, 1.807) is 6.07 Å². The normalized spacial score (nSPS) is 17.7. The number of amides is 2.